The van der Waals surface area contributed by atoms with Gasteiger partial charge in [0.1, 0.15) is 0 Å². The fraction of sp³-hybridized carbons (Fsp3) is 0.636. The van der Waals surface area contributed by atoms with Gasteiger partial charge in [-0.15, -0.1) is 0 Å². The van der Waals surface area contributed by atoms with Crippen molar-refractivity contribution in [3.05, 3.63) is 48.0 Å². The van der Waals surface area contributed by atoms with Crippen molar-refractivity contribution in [3.63, 3.8) is 0 Å². The molecule has 1 radical (unpaired) electrons. The zero-order valence-electron chi connectivity index (χ0n) is 14.5. The van der Waals surface area contributed by atoms with Crippen molar-refractivity contribution in [2.24, 2.45) is 17.8 Å². The third-order valence-electron chi connectivity index (χ3n) is 6.25. The molecule has 0 aromatic heterocycles. The van der Waals surface area contributed by atoms with Crippen LogP contribution in [-0.2, 0) is 20.4 Å². The van der Waals surface area contributed by atoms with Crippen molar-refractivity contribution < 1.29 is 20.4 Å². The largest absolute Gasteiger partial charge is 0.184 e. The molecule has 1 aromatic rings. The Morgan fingerprint density at radius 2 is 1.48 bits per heavy atom. The van der Waals surface area contributed by atoms with Gasteiger partial charge in [0.2, 0.25) is 0 Å². The quantitative estimate of drug-likeness (QED) is 0.339. The molecule has 0 heterocycles. The maximum Gasteiger partial charge on any atom is 0 e. The molecule has 0 amide bonds. The second-order valence-corrected chi connectivity index (χ2v) is 7.53. The standard InChI is InChI=1S/C22H31.Re/c1-2-3-7-18-10-12-20(13-11-18)22-16-14-21(15-17-22)19-8-5-4-6-9-19;/h2-3,5-6,8-9,18,20-22H,7,10-17H2,1H3;/q-1;/b3-2+;. The van der Waals surface area contributed by atoms with Crippen LogP contribution in [0.3, 0.4) is 0 Å². The molecule has 3 rings (SSSR count). The van der Waals surface area contributed by atoms with Crippen LogP contribution in [0.15, 0.2) is 36.4 Å². The van der Waals surface area contributed by atoms with E-state index in [4.69, 9.17) is 0 Å². The number of allylic oxidation sites excluding steroid dienone is 2. The van der Waals surface area contributed by atoms with Crippen molar-refractivity contribution in [2.75, 3.05) is 0 Å². The van der Waals surface area contributed by atoms with Crippen LogP contribution >= 0.6 is 0 Å². The van der Waals surface area contributed by atoms with Gasteiger partial charge in [-0.25, -0.2) is 0 Å². The first-order valence-electron chi connectivity index (χ1n) is 9.44. The van der Waals surface area contributed by atoms with Gasteiger partial charge < -0.3 is 0 Å². The number of benzene rings is 1. The van der Waals surface area contributed by atoms with Crippen molar-refractivity contribution in [2.45, 2.75) is 70.6 Å². The van der Waals surface area contributed by atoms with Crippen LogP contribution in [0, 0.1) is 23.8 Å². The molecule has 0 bridgehead atoms. The molecule has 127 valence electrons. The Kier molecular flexibility index (Phi) is 8.08. The topological polar surface area (TPSA) is 0 Å². The van der Waals surface area contributed by atoms with Crippen molar-refractivity contribution in [3.8, 4) is 0 Å². The first-order valence-corrected chi connectivity index (χ1v) is 9.44. The Morgan fingerprint density at radius 3 is 2.04 bits per heavy atom. The molecule has 0 atom stereocenters. The zero-order chi connectivity index (χ0) is 15.2. The van der Waals surface area contributed by atoms with Gasteiger partial charge in [0.05, 0.1) is 0 Å². The summed E-state index contributed by atoms with van der Waals surface area (Å²) >= 11 is 0. The van der Waals surface area contributed by atoms with Gasteiger partial charge in [0, 0.05) is 20.4 Å². The van der Waals surface area contributed by atoms with E-state index in [0.717, 1.165) is 23.7 Å². The van der Waals surface area contributed by atoms with E-state index >= 15 is 0 Å². The van der Waals surface area contributed by atoms with E-state index < -0.39 is 0 Å². The molecule has 0 nitrogen and oxygen atoms in total. The molecule has 1 heteroatoms. The van der Waals surface area contributed by atoms with Gasteiger partial charge in [0.25, 0.3) is 0 Å². The van der Waals surface area contributed by atoms with Crippen LogP contribution < -0.4 is 0 Å². The van der Waals surface area contributed by atoms with Crippen molar-refractivity contribution in [1.29, 1.82) is 0 Å². The molecular weight excluding hydrogens is 450 g/mol. The van der Waals surface area contributed by atoms with E-state index in [1.54, 1.807) is 5.56 Å². The van der Waals surface area contributed by atoms with Crippen molar-refractivity contribution >= 4 is 0 Å². The Labute approximate surface area is 156 Å². The molecule has 0 saturated heterocycles. The maximum absolute atomic E-state index is 3.15. The summed E-state index contributed by atoms with van der Waals surface area (Å²) in [4.78, 5) is 0. The predicted molar refractivity (Wildman–Crippen MR) is 94.9 cm³/mol. The molecule has 2 saturated carbocycles. The molecule has 0 unspecified atom stereocenters. The van der Waals surface area contributed by atoms with Gasteiger partial charge in [-0.2, -0.15) is 35.9 Å². The van der Waals surface area contributed by atoms with Gasteiger partial charge in [-0.05, 0) is 88.4 Å². The second-order valence-electron chi connectivity index (χ2n) is 7.53. The normalized spacial score (nSPS) is 31.7. The molecule has 0 aliphatic heterocycles. The summed E-state index contributed by atoms with van der Waals surface area (Å²) in [5, 5.41) is 0. The Balaban J connectivity index is 0.00000192. The molecule has 0 N–H and O–H groups in total. The smallest absolute Gasteiger partial charge is 0 e. The SMILES string of the molecule is C/C=C/CC1CCC(C2CCC(c3cc[c-]cc3)CC2)CC1.[Re]. The fourth-order valence-corrected chi connectivity index (χ4v) is 4.82. The average molecular weight is 482 g/mol. The third-order valence-corrected chi connectivity index (χ3v) is 6.25. The Hall–Kier alpha value is -0.378. The monoisotopic (exact) mass is 482 g/mol. The number of hydrogen-bond acceptors (Lipinski definition) is 0. The summed E-state index contributed by atoms with van der Waals surface area (Å²) in [6, 6.07) is 11.9. The van der Waals surface area contributed by atoms with E-state index in [9.17, 15) is 0 Å². The van der Waals surface area contributed by atoms with Crippen molar-refractivity contribution in [1.82, 2.24) is 0 Å². The van der Waals surface area contributed by atoms with Crippen LogP contribution in [0.5, 0.6) is 0 Å². The molecule has 2 aliphatic carbocycles. The third kappa shape index (κ3) is 5.30. The summed E-state index contributed by atoms with van der Waals surface area (Å²) in [5.74, 6) is 3.85. The van der Waals surface area contributed by atoms with E-state index in [1.807, 2.05) is 0 Å². The van der Waals surface area contributed by atoms with Crippen LogP contribution in [0.25, 0.3) is 0 Å². The summed E-state index contributed by atoms with van der Waals surface area (Å²) in [6.45, 7) is 2.15. The van der Waals surface area contributed by atoms with Gasteiger partial charge in [0.15, 0.2) is 0 Å². The van der Waals surface area contributed by atoms with E-state index in [0.29, 0.717) is 0 Å². The van der Waals surface area contributed by atoms with E-state index in [-0.39, 0.29) is 20.4 Å². The van der Waals surface area contributed by atoms with E-state index in [1.165, 1.54) is 57.8 Å². The first-order chi connectivity index (χ1) is 10.9. The molecule has 2 fully saturated rings. The average Bonchev–Trinajstić information content (AvgIpc) is 2.61. The number of hydrogen-bond donors (Lipinski definition) is 0. The second kappa shape index (κ2) is 9.81. The zero-order valence-corrected chi connectivity index (χ0v) is 17.2. The Morgan fingerprint density at radius 1 is 0.913 bits per heavy atom. The summed E-state index contributed by atoms with van der Waals surface area (Å²) in [7, 11) is 0. The van der Waals surface area contributed by atoms with E-state index in [2.05, 4.69) is 49.4 Å². The molecular formula is C22H31Re-. The van der Waals surface area contributed by atoms with Gasteiger partial charge >= 0.3 is 0 Å². The summed E-state index contributed by atoms with van der Waals surface area (Å²) in [5.41, 5.74) is 1.55. The molecule has 1 aromatic carbocycles. The predicted octanol–water partition coefficient (Wildman–Crippen LogP) is 6.53. The molecule has 2 aliphatic rings. The summed E-state index contributed by atoms with van der Waals surface area (Å²) < 4.78 is 0. The van der Waals surface area contributed by atoms with Crippen LogP contribution in [0.4, 0.5) is 0 Å². The van der Waals surface area contributed by atoms with Gasteiger partial charge in [-0.3, -0.25) is 0 Å². The maximum atomic E-state index is 3.15. The molecule has 23 heavy (non-hydrogen) atoms. The number of rotatable bonds is 4. The fourth-order valence-electron chi connectivity index (χ4n) is 4.82. The van der Waals surface area contributed by atoms with Gasteiger partial charge in [-0.1, -0.05) is 12.2 Å². The minimum absolute atomic E-state index is 0. The molecule has 0 spiro atoms. The summed E-state index contributed by atoms with van der Waals surface area (Å²) in [6.07, 6.45) is 17.6. The Bertz CT molecular complexity index is 448. The van der Waals surface area contributed by atoms with Crippen LogP contribution in [-0.4, -0.2) is 0 Å². The minimum atomic E-state index is 0. The van der Waals surface area contributed by atoms with Crippen LogP contribution in [0.1, 0.15) is 76.2 Å². The minimum Gasteiger partial charge on any atom is -0.184 e. The first kappa shape index (κ1) is 19.0. The van der Waals surface area contributed by atoms with Crippen LogP contribution in [0.2, 0.25) is 0 Å².